The molecule has 0 radical (unpaired) electrons. The highest BCUT2D eigenvalue weighted by Gasteiger charge is 2.34. The molecule has 1 saturated heterocycles. The third-order valence-corrected chi connectivity index (χ3v) is 4.51. The lowest BCUT2D eigenvalue weighted by Crippen LogP contribution is -2.25. The van der Waals surface area contributed by atoms with Crippen molar-refractivity contribution in [2.75, 3.05) is 24.8 Å². The minimum absolute atomic E-state index is 0.0976. The molecule has 0 amide bonds. The van der Waals surface area contributed by atoms with E-state index in [1.54, 1.807) is 0 Å². The van der Waals surface area contributed by atoms with Gasteiger partial charge in [0.25, 0.3) is 0 Å². The second-order valence-corrected chi connectivity index (χ2v) is 6.13. The van der Waals surface area contributed by atoms with E-state index in [1.165, 1.54) is 9.47 Å². The molecular formula is C16H13F3N2O4. The Bertz CT molecular complexity index is 962. The topological polar surface area (TPSA) is 71.8 Å². The standard InChI is InChI=1S/C16H13F3N2O4/c17-10-9-13(12(19)14(11(10)18)20-3-4-25-6-20)21(7-1-2-7)5-8(15(9)22)16(23)24/h5,7H,1-4,6H2,(H,23,24). The van der Waals surface area contributed by atoms with E-state index in [2.05, 4.69) is 0 Å². The van der Waals surface area contributed by atoms with Crippen molar-refractivity contribution in [3.05, 3.63) is 39.4 Å². The quantitative estimate of drug-likeness (QED) is 0.856. The number of ether oxygens (including phenoxy) is 1. The summed E-state index contributed by atoms with van der Waals surface area (Å²) in [4.78, 5) is 24.8. The van der Waals surface area contributed by atoms with E-state index in [9.17, 15) is 18.4 Å². The molecule has 132 valence electrons. The van der Waals surface area contributed by atoms with Crippen LogP contribution in [-0.4, -0.2) is 35.5 Å². The van der Waals surface area contributed by atoms with Gasteiger partial charge in [-0.05, 0) is 12.8 Å². The van der Waals surface area contributed by atoms with Crippen LogP contribution in [0.15, 0.2) is 11.0 Å². The van der Waals surface area contributed by atoms with Crippen molar-refractivity contribution in [3.8, 4) is 0 Å². The Morgan fingerprint density at radius 1 is 1.20 bits per heavy atom. The van der Waals surface area contributed by atoms with Crippen LogP contribution in [0, 0.1) is 17.5 Å². The number of pyridine rings is 1. The molecule has 6 nitrogen and oxygen atoms in total. The van der Waals surface area contributed by atoms with Gasteiger partial charge in [0.1, 0.15) is 18.0 Å². The average Bonchev–Trinajstić information content (AvgIpc) is 3.28. The monoisotopic (exact) mass is 354 g/mol. The lowest BCUT2D eigenvalue weighted by molar-refractivity contribution is 0.0694. The summed E-state index contributed by atoms with van der Waals surface area (Å²) in [6.45, 7) is 0.325. The number of carbonyl (C=O) groups is 1. The number of rotatable bonds is 3. The van der Waals surface area contributed by atoms with E-state index in [0.717, 1.165) is 6.20 Å². The van der Waals surface area contributed by atoms with Crippen LogP contribution in [0.25, 0.3) is 10.9 Å². The molecule has 2 fully saturated rings. The highest BCUT2D eigenvalue weighted by Crippen LogP contribution is 2.40. The summed E-state index contributed by atoms with van der Waals surface area (Å²) in [5.41, 5.74) is -2.95. The number of anilines is 1. The second-order valence-electron chi connectivity index (χ2n) is 6.13. The molecule has 1 aromatic carbocycles. The van der Waals surface area contributed by atoms with Gasteiger partial charge in [-0.15, -0.1) is 0 Å². The van der Waals surface area contributed by atoms with Crippen LogP contribution < -0.4 is 10.3 Å². The molecule has 4 rings (SSSR count). The van der Waals surface area contributed by atoms with E-state index in [1.807, 2.05) is 0 Å². The summed E-state index contributed by atoms with van der Waals surface area (Å²) < 4.78 is 50.6. The van der Waals surface area contributed by atoms with Crippen LogP contribution in [0.2, 0.25) is 0 Å². The maximum atomic E-state index is 15.1. The largest absolute Gasteiger partial charge is 0.477 e. The highest BCUT2D eigenvalue weighted by molar-refractivity contribution is 5.94. The number of aromatic carboxylic acids is 1. The minimum atomic E-state index is -1.57. The van der Waals surface area contributed by atoms with Crippen LogP contribution in [0.3, 0.4) is 0 Å². The van der Waals surface area contributed by atoms with Gasteiger partial charge >= 0.3 is 5.97 Å². The Kier molecular flexibility index (Phi) is 3.50. The van der Waals surface area contributed by atoms with Crippen molar-refractivity contribution in [1.29, 1.82) is 0 Å². The third kappa shape index (κ3) is 2.30. The molecule has 2 aromatic rings. The Morgan fingerprint density at radius 3 is 2.48 bits per heavy atom. The first-order chi connectivity index (χ1) is 11.9. The first kappa shape index (κ1) is 15.9. The van der Waals surface area contributed by atoms with Gasteiger partial charge in [0.05, 0.1) is 17.5 Å². The number of carboxylic acids is 1. The first-order valence-corrected chi connectivity index (χ1v) is 7.73. The molecule has 0 bridgehead atoms. The van der Waals surface area contributed by atoms with Gasteiger partial charge in [-0.1, -0.05) is 0 Å². The number of benzene rings is 1. The van der Waals surface area contributed by atoms with Gasteiger partial charge < -0.3 is 19.3 Å². The maximum Gasteiger partial charge on any atom is 0.341 e. The van der Waals surface area contributed by atoms with E-state index < -0.39 is 51.0 Å². The molecular weight excluding hydrogens is 341 g/mol. The molecule has 0 atom stereocenters. The average molecular weight is 354 g/mol. The van der Waals surface area contributed by atoms with Crippen molar-refractivity contribution in [1.82, 2.24) is 4.57 Å². The fourth-order valence-corrected chi connectivity index (χ4v) is 3.14. The predicted octanol–water partition coefficient (Wildman–Crippen LogP) is 2.25. The molecule has 1 saturated carbocycles. The Balaban J connectivity index is 2.13. The molecule has 1 aliphatic carbocycles. The van der Waals surface area contributed by atoms with Crippen LogP contribution in [0.5, 0.6) is 0 Å². The van der Waals surface area contributed by atoms with Crippen LogP contribution in [0.1, 0.15) is 29.2 Å². The molecule has 2 aliphatic rings. The molecule has 0 spiro atoms. The van der Waals surface area contributed by atoms with E-state index in [0.29, 0.717) is 12.8 Å². The second kappa shape index (κ2) is 5.48. The van der Waals surface area contributed by atoms with Crippen LogP contribution in [0.4, 0.5) is 18.9 Å². The SMILES string of the molecule is O=C(O)c1cn(C2CC2)c2c(F)c(N3CCOC3)c(F)c(F)c2c1=O. The molecule has 1 N–H and O–H groups in total. The Labute approximate surface area is 139 Å². The Morgan fingerprint density at radius 2 is 1.92 bits per heavy atom. The third-order valence-electron chi connectivity index (χ3n) is 4.51. The van der Waals surface area contributed by atoms with E-state index in [-0.39, 0.29) is 25.9 Å². The normalized spacial score (nSPS) is 17.5. The number of aromatic nitrogens is 1. The molecule has 0 unspecified atom stereocenters. The Hall–Kier alpha value is -2.55. The highest BCUT2D eigenvalue weighted by atomic mass is 19.2. The molecule has 1 aromatic heterocycles. The van der Waals surface area contributed by atoms with Gasteiger partial charge in [0, 0.05) is 18.8 Å². The van der Waals surface area contributed by atoms with Gasteiger partial charge in [-0.25, -0.2) is 18.0 Å². The zero-order valence-corrected chi connectivity index (χ0v) is 12.9. The maximum absolute atomic E-state index is 15.1. The van der Waals surface area contributed by atoms with Crippen molar-refractivity contribution in [2.45, 2.75) is 18.9 Å². The smallest absolute Gasteiger partial charge is 0.341 e. The lowest BCUT2D eigenvalue weighted by atomic mass is 10.1. The summed E-state index contributed by atoms with van der Waals surface area (Å²) in [6.07, 6.45) is 2.28. The van der Waals surface area contributed by atoms with Crippen molar-refractivity contribution >= 4 is 22.6 Å². The van der Waals surface area contributed by atoms with E-state index in [4.69, 9.17) is 9.84 Å². The molecule has 2 heterocycles. The summed E-state index contributed by atoms with van der Waals surface area (Å²) >= 11 is 0. The number of nitrogens with zero attached hydrogens (tertiary/aromatic N) is 2. The summed E-state index contributed by atoms with van der Waals surface area (Å²) in [6, 6.07) is -0.247. The number of hydrogen-bond donors (Lipinski definition) is 1. The summed E-state index contributed by atoms with van der Waals surface area (Å²) in [7, 11) is 0. The van der Waals surface area contributed by atoms with Gasteiger partial charge in [-0.2, -0.15) is 0 Å². The summed E-state index contributed by atoms with van der Waals surface area (Å²) in [5.74, 6) is -5.71. The minimum Gasteiger partial charge on any atom is -0.477 e. The first-order valence-electron chi connectivity index (χ1n) is 7.73. The van der Waals surface area contributed by atoms with Crippen molar-refractivity contribution in [2.24, 2.45) is 0 Å². The van der Waals surface area contributed by atoms with E-state index >= 15 is 4.39 Å². The lowest BCUT2D eigenvalue weighted by Gasteiger charge is -2.21. The molecule has 1 aliphatic heterocycles. The number of halogens is 3. The predicted molar refractivity (Wildman–Crippen MR) is 81.5 cm³/mol. The van der Waals surface area contributed by atoms with Gasteiger partial charge in [0.15, 0.2) is 17.5 Å². The molecule has 9 heteroatoms. The number of hydrogen-bond acceptors (Lipinski definition) is 4. The zero-order chi connectivity index (χ0) is 17.9. The van der Waals surface area contributed by atoms with Gasteiger partial charge in [-0.3, -0.25) is 4.79 Å². The zero-order valence-electron chi connectivity index (χ0n) is 12.9. The van der Waals surface area contributed by atoms with Gasteiger partial charge in [0.2, 0.25) is 5.43 Å². The number of fused-ring (bicyclic) bond motifs is 1. The van der Waals surface area contributed by atoms with Crippen molar-refractivity contribution < 1.29 is 27.8 Å². The molecule has 25 heavy (non-hydrogen) atoms. The van der Waals surface area contributed by atoms with Crippen LogP contribution >= 0.6 is 0 Å². The summed E-state index contributed by atoms with van der Waals surface area (Å²) in [5, 5.41) is 8.29. The number of carboxylic acid groups (broad SMARTS) is 1. The van der Waals surface area contributed by atoms with Crippen molar-refractivity contribution in [3.63, 3.8) is 0 Å². The fraction of sp³-hybridized carbons (Fsp3) is 0.375. The van der Waals surface area contributed by atoms with Crippen LogP contribution in [-0.2, 0) is 4.74 Å². The fourth-order valence-electron chi connectivity index (χ4n) is 3.14.